The summed E-state index contributed by atoms with van der Waals surface area (Å²) in [5.74, 6) is 1.78. The topological polar surface area (TPSA) is 78.6 Å². The fourth-order valence-corrected chi connectivity index (χ4v) is 4.64. The van der Waals surface area contributed by atoms with Crippen molar-refractivity contribution in [3.05, 3.63) is 17.0 Å². The minimum atomic E-state index is -0.217. The minimum Gasteiger partial charge on any atom is -0.392 e. The Morgan fingerprint density at radius 1 is 1.28 bits per heavy atom. The van der Waals surface area contributed by atoms with Crippen LogP contribution in [0.5, 0.6) is 0 Å². The molecule has 2 N–H and O–H groups in total. The molecule has 2 heterocycles. The van der Waals surface area contributed by atoms with Crippen molar-refractivity contribution in [2.45, 2.75) is 76.5 Å². The van der Waals surface area contributed by atoms with Crippen molar-refractivity contribution in [1.29, 1.82) is 0 Å². The molecule has 4 rings (SSSR count). The lowest BCUT2D eigenvalue weighted by Crippen LogP contribution is -2.39. The van der Waals surface area contributed by atoms with E-state index in [0.717, 1.165) is 50.2 Å². The third kappa shape index (κ3) is 4.06. The summed E-state index contributed by atoms with van der Waals surface area (Å²) < 4.78 is 5.53. The third-order valence-corrected chi connectivity index (χ3v) is 6.06. The van der Waals surface area contributed by atoms with Crippen molar-refractivity contribution in [3.63, 3.8) is 0 Å². The molecular weight excluding hydrogens is 318 g/mol. The number of carbonyl (C=O) groups excluding carboxylic acids is 1. The molecule has 138 valence electrons. The van der Waals surface area contributed by atoms with Gasteiger partial charge in [-0.1, -0.05) is 18.0 Å². The van der Waals surface area contributed by atoms with Crippen LogP contribution in [0.2, 0.25) is 0 Å². The Kier molecular flexibility index (Phi) is 5.08. The predicted octanol–water partition coefficient (Wildman–Crippen LogP) is 1.80. The molecular formula is C19H29N3O3. The summed E-state index contributed by atoms with van der Waals surface area (Å²) in [6.07, 6.45) is 8.87. The molecule has 1 aromatic heterocycles. The largest absolute Gasteiger partial charge is 0.392 e. The molecule has 2 fully saturated rings. The first-order chi connectivity index (χ1) is 12.2. The standard InChI is InChI=1S/C19H29N3O3/c23-15-7-8-22(11-15)12-17-16-10-14(5-6-18(16)25-21-17)20-19(24)9-13-3-1-2-4-13/h13-15,23H,1-12H2,(H,20,24)/t14?,15-/m1/s1. The van der Waals surface area contributed by atoms with Crippen LogP contribution in [0.3, 0.4) is 0 Å². The summed E-state index contributed by atoms with van der Waals surface area (Å²) in [5.41, 5.74) is 2.16. The fraction of sp³-hybridized carbons (Fsp3) is 0.789. The van der Waals surface area contributed by atoms with Gasteiger partial charge in [-0.3, -0.25) is 9.69 Å². The van der Waals surface area contributed by atoms with E-state index in [0.29, 0.717) is 18.9 Å². The highest BCUT2D eigenvalue weighted by Crippen LogP contribution is 2.29. The van der Waals surface area contributed by atoms with E-state index in [1.165, 1.54) is 31.2 Å². The van der Waals surface area contributed by atoms with Gasteiger partial charge in [-0.25, -0.2) is 0 Å². The molecule has 25 heavy (non-hydrogen) atoms. The van der Waals surface area contributed by atoms with Crippen molar-refractivity contribution in [2.75, 3.05) is 13.1 Å². The van der Waals surface area contributed by atoms with Gasteiger partial charge in [0, 0.05) is 44.1 Å². The van der Waals surface area contributed by atoms with Gasteiger partial charge in [0.2, 0.25) is 5.91 Å². The lowest BCUT2D eigenvalue weighted by molar-refractivity contribution is -0.122. The first-order valence-electron chi connectivity index (χ1n) is 9.83. The Morgan fingerprint density at radius 3 is 2.88 bits per heavy atom. The quantitative estimate of drug-likeness (QED) is 0.849. The van der Waals surface area contributed by atoms with E-state index in [1.54, 1.807) is 0 Å². The van der Waals surface area contributed by atoms with Crippen LogP contribution in [0.15, 0.2) is 4.52 Å². The lowest BCUT2D eigenvalue weighted by atomic mass is 9.91. The average molecular weight is 347 g/mol. The number of nitrogens with zero attached hydrogens (tertiary/aromatic N) is 2. The molecule has 1 saturated heterocycles. The highest BCUT2D eigenvalue weighted by atomic mass is 16.5. The number of hydrogen-bond donors (Lipinski definition) is 2. The van der Waals surface area contributed by atoms with Gasteiger partial charge in [-0.15, -0.1) is 0 Å². The molecule has 1 unspecified atom stereocenters. The summed E-state index contributed by atoms with van der Waals surface area (Å²) in [6.45, 7) is 2.35. The van der Waals surface area contributed by atoms with Crippen LogP contribution in [0.25, 0.3) is 0 Å². The van der Waals surface area contributed by atoms with Crippen LogP contribution >= 0.6 is 0 Å². The van der Waals surface area contributed by atoms with E-state index in [-0.39, 0.29) is 18.1 Å². The molecule has 0 spiro atoms. The van der Waals surface area contributed by atoms with E-state index < -0.39 is 0 Å². The van der Waals surface area contributed by atoms with Gasteiger partial charge in [0.1, 0.15) is 11.5 Å². The molecule has 1 aromatic rings. The number of nitrogens with one attached hydrogen (secondary N) is 1. The molecule has 6 nitrogen and oxygen atoms in total. The Balaban J connectivity index is 1.33. The Hall–Kier alpha value is -1.40. The highest BCUT2D eigenvalue weighted by molar-refractivity contribution is 5.76. The van der Waals surface area contributed by atoms with Crippen molar-refractivity contribution >= 4 is 5.91 Å². The molecule has 1 aliphatic heterocycles. The zero-order valence-corrected chi connectivity index (χ0v) is 14.9. The molecule has 2 aliphatic carbocycles. The summed E-state index contributed by atoms with van der Waals surface area (Å²) in [6, 6.07) is 0.198. The number of aliphatic hydroxyl groups excluding tert-OH is 1. The van der Waals surface area contributed by atoms with Crippen molar-refractivity contribution < 1.29 is 14.4 Å². The zero-order valence-electron chi connectivity index (χ0n) is 14.9. The number of aryl methyl sites for hydroxylation is 1. The number of β-amino-alcohol motifs (C(OH)–C–C–N with tert-alkyl or cyclic N) is 1. The molecule has 6 heteroatoms. The van der Waals surface area contributed by atoms with Crippen LogP contribution in [-0.2, 0) is 24.2 Å². The fourth-order valence-electron chi connectivity index (χ4n) is 4.64. The number of carbonyl (C=O) groups is 1. The van der Waals surface area contributed by atoms with Crippen molar-refractivity contribution in [2.24, 2.45) is 5.92 Å². The van der Waals surface area contributed by atoms with Gasteiger partial charge in [-0.2, -0.15) is 0 Å². The second-order valence-electron chi connectivity index (χ2n) is 8.07. The van der Waals surface area contributed by atoms with E-state index in [9.17, 15) is 9.90 Å². The minimum absolute atomic E-state index is 0.198. The third-order valence-electron chi connectivity index (χ3n) is 6.06. The van der Waals surface area contributed by atoms with E-state index >= 15 is 0 Å². The van der Waals surface area contributed by atoms with E-state index in [1.807, 2.05) is 0 Å². The predicted molar refractivity (Wildman–Crippen MR) is 92.9 cm³/mol. The Labute approximate surface area is 148 Å². The first-order valence-corrected chi connectivity index (χ1v) is 9.83. The van der Waals surface area contributed by atoms with Gasteiger partial charge < -0.3 is 14.9 Å². The monoisotopic (exact) mass is 347 g/mol. The smallest absolute Gasteiger partial charge is 0.220 e. The highest BCUT2D eigenvalue weighted by Gasteiger charge is 2.29. The second-order valence-corrected chi connectivity index (χ2v) is 8.07. The van der Waals surface area contributed by atoms with Gasteiger partial charge in [-0.05, 0) is 38.0 Å². The average Bonchev–Trinajstić information content (AvgIpc) is 3.31. The van der Waals surface area contributed by atoms with Crippen molar-refractivity contribution in [1.82, 2.24) is 15.4 Å². The summed E-state index contributed by atoms with van der Waals surface area (Å²) >= 11 is 0. The maximum absolute atomic E-state index is 12.3. The molecule has 2 atom stereocenters. The number of aliphatic hydroxyl groups is 1. The summed E-state index contributed by atoms with van der Waals surface area (Å²) in [5, 5.41) is 17.2. The molecule has 0 aromatic carbocycles. The molecule has 0 radical (unpaired) electrons. The number of hydrogen-bond acceptors (Lipinski definition) is 5. The SMILES string of the molecule is O=C(CC1CCCC1)NC1CCc2onc(CN3CC[C@@H](O)C3)c2C1. The molecule has 1 amide bonds. The first kappa shape index (κ1) is 17.0. The number of amides is 1. The van der Waals surface area contributed by atoms with Gasteiger partial charge in [0.15, 0.2) is 0 Å². The van der Waals surface area contributed by atoms with Gasteiger partial charge in [0.05, 0.1) is 6.10 Å². The van der Waals surface area contributed by atoms with Gasteiger partial charge in [0.25, 0.3) is 0 Å². The van der Waals surface area contributed by atoms with Crippen LogP contribution in [-0.4, -0.2) is 46.3 Å². The summed E-state index contributed by atoms with van der Waals surface area (Å²) in [4.78, 5) is 14.6. The number of aromatic nitrogens is 1. The zero-order chi connectivity index (χ0) is 17.2. The second kappa shape index (κ2) is 7.46. The molecule has 3 aliphatic rings. The summed E-state index contributed by atoms with van der Waals surface area (Å²) in [7, 11) is 0. The van der Waals surface area contributed by atoms with Crippen LogP contribution in [0.4, 0.5) is 0 Å². The Morgan fingerprint density at radius 2 is 2.12 bits per heavy atom. The number of rotatable bonds is 5. The van der Waals surface area contributed by atoms with Crippen molar-refractivity contribution in [3.8, 4) is 0 Å². The number of likely N-dealkylation sites (tertiary alicyclic amines) is 1. The van der Waals surface area contributed by atoms with E-state index in [4.69, 9.17) is 4.52 Å². The molecule has 0 bridgehead atoms. The lowest BCUT2D eigenvalue weighted by Gasteiger charge is -2.24. The number of fused-ring (bicyclic) bond motifs is 1. The van der Waals surface area contributed by atoms with E-state index in [2.05, 4.69) is 15.4 Å². The van der Waals surface area contributed by atoms with Crippen LogP contribution < -0.4 is 5.32 Å². The van der Waals surface area contributed by atoms with Gasteiger partial charge >= 0.3 is 0 Å². The van der Waals surface area contributed by atoms with Crippen LogP contribution in [0.1, 0.15) is 62.0 Å². The molecule has 1 saturated carbocycles. The maximum atomic E-state index is 12.3. The Bertz CT molecular complexity index is 609. The maximum Gasteiger partial charge on any atom is 0.220 e. The normalized spacial score (nSPS) is 27.6. The van der Waals surface area contributed by atoms with Crippen LogP contribution in [0, 0.1) is 5.92 Å².